The molecule has 1 saturated carbocycles. The number of benzene rings is 1. The maximum Gasteiger partial charge on any atom is 0.232 e. The third-order valence-corrected chi connectivity index (χ3v) is 7.51. The number of aliphatic hydroxyl groups is 1. The number of nitrogens with one attached hydrogen (secondary N) is 1. The summed E-state index contributed by atoms with van der Waals surface area (Å²) >= 11 is 0. The van der Waals surface area contributed by atoms with E-state index in [9.17, 15) is 5.11 Å². The lowest BCUT2D eigenvalue weighted by Gasteiger charge is -2.25. The molecule has 0 radical (unpaired) electrons. The van der Waals surface area contributed by atoms with E-state index in [0.717, 1.165) is 54.2 Å². The highest BCUT2D eigenvalue weighted by Crippen LogP contribution is 2.40. The van der Waals surface area contributed by atoms with Crippen LogP contribution in [0.25, 0.3) is 16.7 Å². The molecule has 12 heteroatoms. The summed E-state index contributed by atoms with van der Waals surface area (Å²) in [5, 5.41) is 19.1. The van der Waals surface area contributed by atoms with Crippen molar-refractivity contribution in [3.8, 4) is 22.9 Å². The zero-order valence-corrected chi connectivity index (χ0v) is 22.7. The van der Waals surface area contributed by atoms with Crippen LogP contribution in [0.4, 0.5) is 17.6 Å². The van der Waals surface area contributed by atoms with Gasteiger partial charge in [0.05, 0.1) is 56.9 Å². The smallest absolute Gasteiger partial charge is 0.232 e. The summed E-state index contributed by atoms with van der Waals surface area (Å²) in [6, 6.07) is 3.74. The minimum absolute atomic E-state index is 0.0290. The number of aromatic nitrogens is 6. The summed E-state index contributed by atoms with van der Waals surface area (Å²) in [5.41, 5.74) is 2.50. The molecule has 206 valence electrons. The Kier molecular flexibility index (Phi) is 6.63. The molecule has 1 aromatic carbocycles. The van der Waals surface area contributed by atoms with Crippen LogP contribution < -0.4 is 24.4 Å². The second kappa shape index (κ2) is 10.3. The van der Waals surface area contributed by atoms with Crippen LogP contribution in [0.15, 0.2) is 24.7 Å². The predicted molar refractivity (Wildman–Crippen MR) is 147 cm³/mol. The van der Waals surface area contributed by atoms with Crippen LogP contribution in [0.2, 0.25) is 0 Å². The summed E-state index contributed by atoms with van der Waals surface area (Å²) in [6.45, 7) is 3.77. The molecule has 0 amide bonds. The van der Waals surface area contributed by atoms with Gasteiger partial charge in [0.25, 0.3) is 0 Å². The number of aliphatic hydroxyl groups excluding tert-OH is 1. The molecule has 1 saturated heterocycles. The van der Waals surface area contributed by atoms with Gasteiger partial charge in [0.2, 0.25) is 11.7 Å². The van der Waals surface area contributed by atoms with Gasteiger partial charge in [0, 0.05) is 25.2 Å². The van der Waals surface area contributed by atoms with Gasteiger partial charge in [-0.2, -0.15) is 15.1 Å². The van der Waals surface area contributed by atoms with E-state index in [1.165, 1.54) is 12.8 Å². The van der Waals surface area contributed by atoms with Crippen molar-refractivity contribution in [2.24, 2.45) is 5.92 Å². The lowest BCUT2D eigenvalue weighted by atomic mass is 10.2. The average Bonchev–Trinajstić information content (AvgIpc) is 3.32. The van der Waals surface area contributed by atoms with E-state index < -0.39 is 0 Å². The first-order valence-electron chi connectivity index (χ1n) is 13.3. The maximum atomic E-state index is 10.0. The Labute approximate surface area is 226 Å². The zero-order valence-electron chi connectivity index (χ0n) is 22.7. The summed E-state index contributed by atoms with van der Waals surface area (Å²) in [7, 11) is 4.75. The van der Waals surface area contributed by atoms with Gasteiger partial charge in [0.15, 0.2) is 23.0 Å². The van der Waals surface area contributed by atoms with Gasteiger partial charge in [0.1, 0.15) is 12.1 Å². The second-order valence-corrected chi connectivity index (χ2v) is 10.1. The molecular weight excluding hydrogens is 500 g/mol. The first kappa shape index (κ1) is 25.2. The fourth-order valence-electron chi connectivity index (χ4n) is 5.33. The first-order valence-corrected chi connectivity index (χ1v) is 13.3. The normalized spacial score (nSPS) is 17.2. The van der Waals surface area contributed by atoms with Crippen molar-refractivity contribution in [3.05, 3.63) is 30.4 Å². The van der Waals surface area contributed by atoms with E-state index in [0.29, 0.717) is 34.9 Å². The van der Waals surface area contributed by atoms with Gasteiger partial charge in [-0.25, -0.2) is 9.67 Å². The fourth-order valence-corrected chi connectivity index (χ4v) is 5.33. The number of fused-ring (bicyclic) bond motifs is 1. The number of imidazole rings is 1. The second-order valence-electron chi connectivity index (χ2n) is 10.1. The van der Waals surface area contributed by atoms with Crippen LogP contribution in [0, 0.1) is 12.8 Å². The summed E-state index contributed by atoms with van der Waals surface area (Å²) < 4.78 is 20.3. The number of nitrogens with zero attached hydrogens (tertiary/aromatic N) is 7. The van der Waals surface area contributed by atoms with Crippen LogP contribution in [-0.2, 0) is 6.54 Å². The van der Waals surface area contributed by atoms with Crippen molar-refractivity contribution in [1.82, 2.24) is 29.3 Å². The molecule has 0 spiro atoms. The van der Waals surface area contributed by atoms with Gasteiger partial charge in [-0.05, 0) is 38.5 Å². The van der Waals surface area contributed by atoms with E-state index in [1.54, 1.807) is 27.7 Å². The molecule has 2 fully saturated rings. The molecule has 3 aromatic heterocycles. The molecule has 0 unspecified atom stereocenters. The van der Waals surface area contributed by atoms with E-state index in [2.05, 4.69) is 15.2 Å². The van der Waals surface area contributed by atoms with Crippen LogP contribution >= 0.6 is 0 Å². The Morgan fingerprint density at radius 2 is 1.82 bits per heavy atom. The third kappa shape index (κ3) is 4.69. The molecule has 1 atom stereocenters. The molecule has 0 bridgehead atoms. The third-order valence-electron chi connectivity index (χ3n) is 7.51. The molecule has 12 nitrogen and oxygen atoms in total. The maximum absolute atomic E-state index is 10.0. The number of ether oxygens (including phenoxy) is 3. The van der Waals surface area contributed by atoms with Crippen molar-refractivity contribution in [2.45, 2.75) is 45.2 Å². The van der Waals surface area contributed by atoms with Crippen LogP contribution in [0.5, 0.6) is 17.2 Å². The number of rotatable bonds is 10. The topological polar surface area (TPSA) is 125 Å². The minimum Gasteiger partial charge on any atom is -0.493 e. The molecule has 1 aliphatic heterocycles. The van der Waals surface area contributed by atoms with Crippen LogP contribution in [0.3, 0.4) is 0 Å². The van der Waals surface area contributed by atoms with E-state index >= 15 is 0 Å². The van der Waals surface area contributed by atoms with E-state index in [4.69, 9.17) is 29.3 Å². The van der Waals surface area contributed by atoms with Gasteiger partial charge in [-0.15, -0.1) is 0 Å². The van der Waals surface area contributed by atoms with Gasteiger partial charge in [-0.3, -0.25) is 0 Å². The minimum atomic E-state index is 0.0290. The Morgan fingerprint density at radius 3 is 2.49 bits per heavy atom. The Hall–Kier alpha value is -4.06. The van der Waals surface area contributed by atoms with Crippen molar-refractivity contribution in [2.75, 3.05) is 44.7 Å². The monoisotopic (exact) mass is 534 g/mol. The average molecular weight is 535 g/mol. The first-order chi connectivity index (χ1) is 19.0. The van der Waals surface area contributed by atoms with Crippen molar-refractivity contribution >= 4 is 28.6 Å². The quantitative estimate of drug-likeness (QED) is 0.312. The van der Waals surface area contributed by atoms with Crippen LogP contribution in [-0.4, -0.2) is 74.9 Å². The largest absolute Gasteiger partial charge is 0.493 e. The lowest BCUT2D eigenvalue weighted by Crippen LogP contribution is -2.33. The van der Waals surface area contributed by atoms with E-state index in [1.807, 2.05) is 34.5 Å². The highest BCUT2D eigenvalue weighted by atomic mass is 16.5. The number of methoxy groups -OCH3 is 3. The summed E-state index contributed by atoms with van der Waals surface area (Å²) in [6.07, 6.45) is 7.94. The Balaban J connectivity index is 1.37. The zero-order chi connectivity index (χ0) is 27.1. The molecule has 2 N–H and O–H groups in total. The number of hydrogen-bond donors (Lipinski definition) is 2. The van der Waals surface area contributed by atoms with Gasteiger partial charge >= 0.3 is 0 Å². The van der Waals surface area contributed by atoms with Crippen molar-refractivity contribution in [1.29, 1.82) is 0 Å². The number of anilines is 3. The summed E-state index contributed by atoms with van der Waals surface area (Å²) in [4.78, 5) is 16.6. The molecule has 39 heavy (non-hydrogen) atoms. The lowest BCUT2D eigenvalue weighted by molar-refractivity contribution is 0.266. The molecule has 2 aliphatic rings. The van der Waals surface area contributed by atoms with Gasteiger partial charge in [-0.1, -0.05) is 0 Å². The van der Waals surface area contributed by atoms with Crippen molar-refractivity contribution < 1.29 is 19.3 Å². The highest BCUT2D eigenvalue weighted by Gasteiger charge is 2.30. The van der Waals surface area contributed by atoms with E-state index in [-0.39, 0.29) is 12.6 Å². The molecule has 6 rings (SSSR count). The number of hydrogen-bond acceptors (Lipinski definition) is 10. The van der Waals surface area contributed by atoms with Crippen LogP contribution in [0.1, 0.15) is 31.4 Å². The standard InChI is InChI=1S/C27H34N8O4/c1-16-23-25(34-9-5-6-18(34)14-36)30-27(31-26(23)35(32-16)12-17-7-8-17)29-22-13-33(15-28-22)19-10-20(37-2)24(39-4)21(11-19)38-3/h10-11,13,15,17-18,36H,5-9,12,14H2,1-4H3,(H,29,30,31)/t18-/m0/s1. The fraction of sp³-hybridized carbons (Fsp3) is 0.481. The summed E-state index contributed by atoms with van der Waals surface area (Å²) in [5.74, 6) is 4.11. The highest BCUT2D eigenvalue weighted by molar-refractivity contribution is 5.91. The molecular formula is C27H34N8O4. The van der Waals surface area contributed by atoms with Crippen molar-refractivity contribution in [3.63, 3.8) is 0 Å². The SMILES string of the molecule is COc1cc(-n2cnc(Nc3nc(N4CCC[C@H]4CO)c4c(C)nn(CC5CC5)c4n3)c2)cc(OC)c1OC. The predicted octanol–water partition coefficient (Wildman–Crippen LogP) is 3.46. The van der Waals surface area contributed by atoms with Gasteiger partial charge < -0.3 is 34.1 Å². The Bertz CT molecular complexity index is 1470. The molecule has 4 heterocycles. The molecule has 1 aliphatic carbocycles. The Morgan fingerprint density at radius 1 is 1.05 bits per heavy atom. The number of aryl methyl sites for hydroxylation is 1. The molecule has 4 aromatic rings.